The predicted molar refractivity (Wildman–Crippen MR) is 261 cm³/mol. The molecule has 2 aliphatic carbocycles. The molecule has 0 fully saturated rings. The van der Waals surface area contributed by atoms with Crippen molar-refractivity contribution in [3.05, 3.63) is 110 Å². The molecule has 0 amide bonds. The van der Waals surface area contributed by atoms with Gasteiger partial charge in [-0.15, -0.1) is 0 Å². The highest BCUT2D eigenvalue weighted by atomic mass is 32.1. The van der Waals surface area contributed by atoms with E-state index in [0.717, 1.165) is 0 Å². The molecule has 2 aliphatic heterocycles. The Labute approximate surface area is 361 Å². The first-order chi connectivity index (χ1) is 27.2. The molecule has 2 nitrogen and oxygen atoms in total. The molecule has 1 aromatic heterocycles. The molecule has 4 heteroatoms. The Morgan fingerprint density at radius 1 is 0.525 bits per heavy atom. The van der Waals surface area contributed by atoms with Crippen LogP contribution in [0.5, 0.6) is 0 Å². The molecule has 59 heavy (non-hydrogen) atoms. The van der Waals surface area contributed by atoms with Crippen molar-refractivity contribution in [2.24, 2.45) is 0 Å². The lowest BCUT2D eigenvalue weighted by Gasteiger charge is -2.48. The van der Waals surface area contributed by atoms with Crippen LogP contribution in [-0.4, -0.2) is 6.71 Å². The lowest BCUT2D eigenvalue weighted by atomic mass is 9.35. The summed E-state index contributed by atoms with van der Waals surface area (Å²) in [6.45, 7) is 41.2. The van der Waals surface area contributed by atoms with Gasteiger partial charge in [0.1, 0.15) is 0 Å². The summed E-state index contributed by atoms with van der Waals surface area (Å²) in [7, 11) is 0. The number of aryl methyl sites for hydroxylation is 3. The minimum atomic E-state index is 0.0495. The van der Waals surface area contributed by atoms with Gasteiger partial charge in [0.2, 0.25) is 0 Å². The van der Waals surface area contributed by atoms with Gasteiger partial charge in [-0.2, -0.15) is 11.3 Å². The minimum Gasteiger partial charge on any atom is -0.311 e. The third kappa shape index (κ3) is 6.07. The van der Waals surface area contributed by atoms with E-state index in [1.807, 2.05) is 0 Å². The van der Waals surface area contributed by atoms with E-state index < -0.39 is 0 Å². The Bertz CT molecular complexity index is 2580. The third-order valence-corrected chi connectivity index (χ3v) is 16.9. The second kappa shape index (κ2) is 12.7. The van der Waals surface area contributed by atoms with Crippen LogP contribution in [-0.2, 0) is 32.5 Å². The molecule has 0 bridgehead atoms. The van der Waals surface area contributed by atoms with Gasteiger partial charge in [-0.05, 0) is 165 Å². The summed E-state index contributed by atoms with van der Waals surface area (Å²) in [5.74, 6) is 0. The van der Waals surface area contributed by atoms with Gasteiger partial charge in [0.25, 0.3) is 6.71 Å². The summed E-state index contributed by atoms with van der Waals surface area (Å²) < 4.78 is 1.53. The number of fused-ring (bicyclic) bond motifs is 7. The number of hydrogen-bond donors (Lipinski definition) is 0. The Kier molecular flexibility index (Phi) is 8.72. The van der Waals surface area contributed by atoms with Gasteiger partial charge < -0.3 is 9.80 Å². The van der Waals surface area contributed by atoms with Crippen LogP contribution in [0.1, 0.15) is 172 Å². The molecule has 308 valence electrons. The Morgan fingerprint density at radius 2 is 1.00 bits per heavy atom. The van der Waals surface area contributed by atoms with Crippen molar-refractivity contribution in [2.75, 3.05) is 9.80 Å². The Balaban J connectivity index is 1.44. The average molecular weight is 801 g/mol. The molecule has 4 aromatic carbocycles. The first-order valence-electron chi connectivity index (χ1n) is 22.6. The highest BCUT2D eigenvalue weighted by Gasteiger charge is 2.52. The van der Waals surface area contributed by atoms with Crippen LogP contribution in [0.4, 0.5) is 34.1 Å². The van der Waals surface area contributed by atoms with E-state index in [4.69, 9.17) is 0 Å². The largest absolute Gasteiger partial charge is 0.311 e. The zero-order valence-electron chi connectivity index (χ0n) is 39.5. The maximum Gasteiger partial charge on any atom is 0.264 e. The fourth-order valence-corrected chi connectivity index (χ4v) is 13.0. The van der Waals surface area contributed by atoms with Gasteiger partial charge in [0.05, 0.1) is 5.69 Å². The molecule has 0 saturated heterocycles. The van der Waals surface area contributed by atoms with Crippen molar-refractivity contribution in [1.29, 1.82) is 0 Å². The Hall–Kier alpha value is -3.76. The van der Waals surface area contributed by atoms with E-state index in [2.05, 4.69) is 200 Å². The smallest absolute Gasteiger partial charge is 0.264 e. The normalized spacial score (nSPS) is 19.4. The maximum absolute atomic E-state index is 2.75. The van der Waals surface area contributed by atoms with E-state index in [-0.39, 0.29) is 39.2 Å². The van der Waals surface area contributed by atoms with Crippen molar-refractivity contribution < 1.29 is 0 Å². The van der Waals surface area contributed by atoms with Crippen LogP contribution in [0, 0.1) is 20.8 Å². The van der Waals surface area contributed by atoms with E-state index >= 15 is 0 Å². The summed E-state index contributed by atoms with van der Waals surface area (Å²) in [6, 6.07) is 25.0. The molecule has 4 aliphatic rings. The van der Waals surface area contributed by atoms with Gasteiger partial charge in [0, 0.05) is 38.1 Å². The summed E-state index contributed by atoms with van der Waals surface area (Å²) in [5.41, 5.74) is 22.9. The number of benzene rings is 4. The molecule has 0 saturated carbocycles. The molecule has 9 rings (SSSR count). The van der Waals surface area contributed by atoms with Crippen LogP contribution < -0.4 is 25.5 Å². The number of thiophene rings is 1. The van der Waals surface area contributed by atoms with Gasteiger partial charge >= 0.3 is 0 Å². The van der Waals surface area contributed by atoms with E-state index in [0.29, 0.717) is 0 Å². The third-order valence-electron chi connectivity index (χ3n) is 15.3. The maximum atomic E-state index is 2.75. The standard InChI is InChI=1S/C55H69BN2S/c1-32-26-43-46-44(27-32)58(41-21-19-36(29-34(41)3)51(7,8)9)47-45-48(55(16,17)25-24-54(45,14)15)59-49(47)56(46)39-30-37-38(53(12,13)23-22-52(37,10)11)31-42(39)57(43)40-20-18-35(28-33(40)2)50(4,5)6/h18-21,26-31H,22-25H2,1-17H3. The van der Waals surface area contributed by atoms with Crippen LogP contribution in [0.2, 0.25) is 0 Å². The quantitative estimate of drug-likeness (QED) is 0.161. The first-order valence-corrected chi connectivity index (χ1v) is 23.4. The summed E-state index contributed by atoms with van der Waals surface area (Å²) in [5, 5.41) is 0. The molecule has 3 heterocycles. The van der Waals surface area contributed by atoms with Crippen molar-refractivity contribution in [1.82, 2.24) is 0 Å². The number of anilines is 6. The molecular weight excluding hydrogens is 731 g/mol. The fraction of sp³-hybridized carbons (Fsp3) is 0.491. The topological polar surface area (TPSA) is 6.48 Å². The predicted octanol–water partition coefficient (Wildman–Crippen LogP) is 14.0. The summed E-state index contributed by atoms with van der Waals surface area (Å²) >= 11 is 2.15. The lowest BCUT2D eigenvalue weighted by molar-refractivity contribution is 0.332. The monoisotopic (exact) mass is 801 g/mol. The number of nitrogens with zero attached hydrogens (tertiary/aromatic N) is 2. The SMILES string of the molecule is Cc1cc2c3c(c1)N(c1ccc(C(C)(C)C)cc1C)c1c(sc4c1C(C)(C)CCC4(C)C)B3c1cc3c(cc1N2c1ccc(C(C)(C)C)cc1C)C(C)(C)CCC3(C)C. The van der Waals surface area contributed by atoms with Crippen molar-refractivity contribution >= 4 is 67.9 Å². The lowest BCUT2D eigenvalue weighted by Crippen LogP contribution is -2.61. The number of hydrogen-bond acceptors (Lipinski definition) is 3. The van der Waals surface area contributed by atoms with Crippen LogP contribution in [0.25, 0.3) is 0 Å². The minimum absolute atomic E-state index is 0.0495. The molecule has 5 aromatic rings. The highest BCUT2D eigenvalue weighted by molar-refractivity contribution is 7.29. The van der Waals surface area contributed by atoms with Crippen LogP contribution in [0.15, 0.2) is 60.7 Å². The van der Waals surface area contributed by atoms with Crippen LogP contribution >= 0.6 is 11.3 Å². The van der Waals surface area contributed by atoms with E-state index in [1.54, 1.807) is 16.0 Å². The molecule has 0 spiro atoms. The molecule has 0 radical (unpaired) electrons. The van der Waals surface area contributed by atoms with Crippen LogP contribution in [0.3, 0.4) is 0 Å². The number of rotatable bonds is 2. The highest BCUT2D eigenvalue weighted by Crippen LogP contribution is 2.57. The second-order valence-electron chi connectivity index (χ2n) is 23.8. The van der Waals surface area contributed by atoms with Crippen molar-refractivity contribution in [3.8, 4) is 0 Å². The van der Waals surface area contributed by atoms with Gasteiger partial charge in [0.15, 0.2) is 0 Å². The van der Waals surface area contributed by atoms with E-state index in [1.165, 1.54) is 109 Å². The Morgan fingerprint density at radius 3 is 1.53 bits per heavy atom. The molecule has 0 N–H and O–H groups in total. The molecule has 0 unspecified atom stereocenters. The van der Waals surface area contributed by atoms with Gasteiger partial charge in [-0.25, -0.2) is 0 Å². The van der Waals surface area contributed by atoms with Gasteiger partial charge in [-0.3, -0.25) is 0 Å². The zero-order valence-corrected chi connectivity index (χ0v) is 40.3. The molecular formula is C55H69BN2S. The summed E-state index contributed by atoms with van der Waals surface area (Å²) in [6.07, 6.45) is 4.79. The fourth-order valence-electron chi connectivity index (χ4n) is 11.2. The molecule has 0 atom stereocenters. The van der Waals surface area contributed by atoms with E-state index in [9.17, 15) is 0 Å². The van der Waals surface area contributed by atoms with Crippen molar-refractivity contribution in [3.63, 3.8) is 0 Å². The van der Waals surface area contributed by atoms with Crippen molar-refractivity contribution in [2.45, 2.75) is 176 Å². The summed E-state index contributed by atoms with van der Waals surface area (Å²) in [4.78, 5) is 7.04. The second-order valence-corrected chi connectivity index (χ2v) is 24.9. The first kappa shape index (κ1) is 40.6. The average Bonchev–Trinajstić information content (AvgIpc) is 3.54. The zero-order chi connectivity index (χ0) is 42.7. The van der Waals surface area contributed by atoms with Gasteiger partial charge in [-0.1, -0.05) is 127 Å².